The zero-order valence-electron chi connectivity index (χ0n) is 17.6. The van der Waals surface area contributed by atoms with Crippen LogP contribution >= 0.6 is 0 Å². The molecular weight excluding hydrogens is 383 g/mol. The summed E-state index contributed by atoms with van der Waals surface area (Å²) in [7, 11) is 3.30. The highest BCUT2D eigenvalue weighted by atomic mass is 19.1. The molecule has 0 bridgehead atoms. The monoisotopic (exact) mass is 412 g/mol. The van der Waals surface area contributed by atoms with Crippen molar-refractivity contribution in [1.29, 1.82) is 0 Å². The highest BCUT2D eigenvalue weighted by molar-refractivity contribution is 5.94. The molecule has 2 aromatic rings. The minimum absolute atomic E-state index is 0.0648. The van der Waals surface area contributed by atoms with Crippen LogP contribution in [-0.2, 0) is 6.54 Å². The third-order valence-corrected chi connectivity index (χ3v) is 6.38. The molecule has 0 N–H and O–H groups in total. The second-order valence-electron chi connectivity index (χ2n) is 8.18. The lowest BCUT2D eigenvalue weighted by molar-refractivity contribution is 0.0174. The highest BCUT2D eigenvalue weighted by Gasteiger charge is 2.37. The number of ether oxygens (including phenoxy) is 2. The molecule has 160 valence electrons. The molecule has 2 saturated heterocycles. The Morgan fingerprint density at radius 1 is 1.07 bits per heavy atom. The smallest absolute Gasteiger partial charge is 0.253 e. The van der Waals surface area contributed by atoms with E-state index in [0.29, 0.717) is 24.1 Å². The number of rotatable bonds is 5. The molecule has 0 aromatic heterocycles. The van der Waals surface area contributed by atoms with Crippen molar-refractivity contribution >= 4 is 5.91 Å². The number of carbonyl (C=O) groups is 1. The van der Waals surface area contributed by atoms with Gasteiger partial charge in [0.1, 0.15) is 5.82 Å². The van der Waals surface area contributed by atoms with Gasteiger partial charge in [-0.3, -0.25) is 9.69 Å². The van der Waals surface area contributed by atoms with Crippen LogP contribution in [0.5, 0.6) is 11.5 Å². The number of fused-ring (bicyclic) bond motifs is 1. The van der Waals surface area contributed by atoms with Gasteiger partial charge in [-0.1, -0.05) is 12.1 Å². The van der Waals surface area contributed by atoms with E-state index in [1.165, 1.54) is 17.7 Å². The Hall–Kier alpha value is -2.60. The van der Waals surface area contributed by atoms with Crippen LogP contribution in [0.4, 0.5) is 4.39 Å². The van der Waals surface area contributed by atoms with Gasteiger partial charge >= 0.3 is 0 Å². The Balaban J connectivity index is 1.43. The number of benzene rings is 2. The fourth-order valence-corrected chi connectivity index (χ4v) is 4.90. The van der Waals surface area contributed by atoms with Gasteiger partial charge in [-0.05, 0) is 67.6 Å². The third kappa shape index (κ3) is 4.29. The van der Waals surface area contributed by atoms with Crippen LogP contribution in [0.25, 0.3) is 0 Å². The van der Waals surface area contributed by atoms with Gasteiger partial charge in [0.2, 0.25) is 0 Å². The molecule has 30 heavy (non-hydrogen) atoms. The Morgan fingerprint density at radius 2 is 1.90 bits per heavy atom. The maximum absolute atomic E-state index is 13.5. The number of amides is 1. The number of halogens is 1. The summed E-state index contributed by atoms with van der Waals surface area (Å²) in [6.45, 7) is 3.37. The van der Waals surface area contributed by atoms with Crippen molar-refractivity contribution in [3.8, 4) is 11.5 Å². The predicted octanol–water partition coefficient (Wildman–Crippen LogP) is 3.97. The highest BCUT2D eigenvalue weighted by Crippen LogP contribution is 2.34. The van der Waals surface area contributed by atoms with Crippen molar-refractivity contribution in [2.75, 3.05) is 33.9 Å². The van der Waals surface area contributed by atoms with Crippen LogP contribution in [0.2, 0.25) is 0 Å². The van der Waals surface area contributed by atoms with E-state index < -0.39 is 0 Å². The molecule has 2 heterocycles. The van der Waals surface area contributed by atoms with Crippen molar-refractivity contribution in [2.45, 2.75) is 31.8 Å². The summed E-state index contributed by atoms with van der Waals surface area (Å²) in [5.74, 6) is 1.51. The van der Waals surface area contributed by atoms with Crippen molar-refractivity contribution in [3.63, 3.8) is 0 Å². The molecule has 0 spiro atoms. The van der Waals surface area contributed by atoms with Gasteiger partial charge in [-0.2, -0.15) is 0 Å². The SMILES string of the molecule is COc1ccc(CN2CCC[C@@H]3CN(C(=O)c4cccc(F)c4)CC[C@@H]32)cc1OC. The lowest BCUT2D eigenvalue weighted by atomic mass is 9.83. The summed E-state index contributed by atoms with van der Waals surface area (Å²) < 4.78 is 24.3. The van der Waals surface area contributed by atoms with Crippen LogP contribution < -0.4 is 9.47 Å². The summed E-state index contributed by atoms with van der Waals surface area (Å²) in [6, 6.07) is 12.6. The third-order valence-electron chi connectivity index (χ3n) is 6.38. The Bertz CT molecular complexity index is 904. The second-order valence-corrected chi connectivity index (χ2v) is 8.18. The molecule has 2 aliphatic rings. The van der Waals surface area contributed by atoms with E-state index in [1.807, 2.05) is 17.0 Å². The Kier molecular flexibility index (Phi) is 6.23. The van der Waals surface area contributed by atoms with Crippen molar-refractivity contribution < 1.29 is 18.7 Å². The molecule has 6 heteroatoms. The van der Waals surface area contributed by atoms with Crippen LogP contribution in [0.3, 0.4) is 0 Å². The van der Waals surface area contributed by atoms with E-state index in [0.717, 1.165) is 50.4 Å². The number of hydrogen-bond donors (Lipinski definition) is 0. The van der Waals surface area contributed by atoms with Gasteiger partial charge in [0.05, 0.1) is 14.2 Å². The average molecular weight is 413 g/mol. The van der Waals surface area contributed by atoms with Gasteiger partial charge in [-0.15, -0.1) is 0 Å². The van der Waals surface area contributed by atoms with Gasteiger partial charge in [0, 0.05) is 31.2 Å². The normalized spacial score (nSPS) is 21.8. The first-order valence-corrected chi connectivity index (χ1v) is 10.6. The molecule has 2 aromatic carbocycles. The van der Waals surface area contributed by atoms with Gasteiger partial charge < -0.3 is 14.4 Å². The molecule has 0 unspecified atom stereocenters. The minimum Gasteiger partial charge on any atom is -0.493 e. The average Bonchev–Trinajstić information content (AvgIpc) is 2.78. The summed E-state index contributed by atoms with van der Waals surface area (Å²) >= 11 is 0. The van der Waals surface area contributed by atoms with E-state index in [-0.39, 0.29) is 11.7 Å². The molecule has 2 atom stereocenters. The van der Waals surface area contributed by atoms with E-state index in [9.17, 15) is 9.18 Å². The standard InChI is InChI=1S/C24H29FN2O3/c1-29-22-9-8-17(13-23(22)30-2)15-26-11-4-6-19-16-27(12-10-21(19)26)24(28)18-5-3-7-20(25)14-18/h3,5,7-9,13-14,19,21H,4,6,10-12,15-16H2,1-2H3/t19-,21+/m1/s1. The first-order chi connectivity index (χ1) is 14.6. The number of methoxy groups -OCH3 is 2. The number of nitrogens with zero attached hydrogens (tertiary/aromatic N) is 2. The molecule has 1 amide bonds. The first-order valence-electron chi connectivity index (χ1n) is 10.6. The van der Waals surface area contributed by atoms with Crippen molar-refractivity contribution in [1.82, 2.24) is 9.80 Å². The van der Waals surface area contributed by atoms with Crippen LogP contribution in [0, 0.1) is 11.7 Å². The summed E-state index contributed by atoms with van der Waals surface area (Å²) in [5.41, 5.74) is 1.64. The maximum atomic E-state index is 13.5. The molecule has 5 nitrogen and oxygen atoms in total. The second kappa shape index (κ2) is 9.04. The quantitative estimate of drug-likeness (QED) is 0.745. The number of hydrogen-bond acceptors (Lipinski definition) is 4. The lowest BCUT2D eigenvalue weighted by Gasteiger charge is -2.47. The molecule has 2 aliphatic heterocycles. The fraction of sp³-hybridized carbons (Fsp3) is 0.458. The zero-order valence-corrected chi connectivity index (χ0v) is 17.6. The number of piperidine rings is 2. The summed E-state index contributed by atoms with van der Waals surface area (Å²) in [5, 5.41) is 0. The fourth-order valence-electron chi connectivity index (χ4n) is 4.90. The van der Waals surface area contributed by atoms with E-state index >= 15 is 0 Å². The van der Waals surface area contributed by atoms with Crippen LogP contribution in [0.1, 0.15) is 35.2 Å². The first kappa shape index (κ1) is 20.7. The van der Waals surface area contributed by atoms with E-state index in [4.69, 9.17) is 9.47 Å². The van der Waals surface area contributed by atoms with Crippen LogP contribution in [0.15, 0.2) is 42.5 Å². The molecule has 4 rings (SSSR count). The molecule has 0 radical (unpaired) electrons. The van der Waals surface area contributed by atoms with E-state index in [2.05, 4.69) is 11.0 Å². The van der Waals surface area contributed by atoms with Gasteiger partial charge in [0.15, 0.2) is 11.5 Å². The lowest BCUT2D eigenvalue weighted by Crippen LogP contribution is -2.54. The van der Waals surface area contributed by atoms with Crippen molar-refractivity contribution in [3.05, 3.63) is 59.4 Å². The maximum Gasteiger partial charge on any atom is 0.253 e. The summed E-state index contributed by atoms with van der Waals surface area (Å²) in [4.78, 5) is 17.3. The van der Waals surface area contributed by atoms with Gasteiger partial charge in [0.25, 0.3) is 5.91 Å². The van der Waals surface area contributed by atoms with E-state index in [1.54, 1.807) is 26.4 Å². The molecule has 2 fully saturated rings. The Morgan fingerprint density at radius 3 is 2.67 bits per heavy atom. The molecule has 0 saturated carbocycles. The zero-order chi connectivity index (χ0) is 21.1. The largest absolute Gasteiger partial charge is 0.493 e. The van der Waals surface area contributed by atoms with Crippen molar-refractivity contribution in [2.24, 2.45) is 5.92 Å². The summed E-state index contributed by atoms with van der Waals surface area (Å²) in [6.07, 6.45) is 3.19. The molecular formula is C24H29FN2O3. The van der Waals surface area contributed by atoms with Gasteiger partial charge in [-0.25, -0.2) is 4.39 Å². The minimum atomic E-state index is -0.366. The number of carbonyl (C=O) groups excluding carboxylic acids is 1. The topological polar surface area (TPSA) is 42.0 Å². The number of likely N-dealkylation sites (tertiary alicyclic amines) is 2. The predicted molar refractivity (Wildman–Crippen MR) is 113 cm³/mol. The Labute approximate surface area is 177 Å². The molecule has 0 aliphatic carbocycles. The van der Waals surface area contributed by atoms with Crippen LogP contribution in [-0.4, -0.2) is 55.6 Å².